The van der Waals surface area contributed by atoms with E-state index in [0.717, 1.165) is 24.7 Å². The Morgan fingerprint density at radius 2 is 1.40 bits per heavy atom. The number of aliphatic hydroxyl groups is 1. The summed E-state index contributed by atoms with van der Waals surface area (Å²) in [6.07, 6.45) is 10.1. The summed E-state index contributed by atoms with van der Waals surface area (Å²) in [4.78, 5) is 0. The Labute approximate surface area is 93.5 Å². The van der Waals surface area contributed by atoms with Gasteiger partial charge >= 0.3 is 0 Å². The average molecular weight is 211 g/mol. The molecular formula is C13H25NO. The summed E-state index contributed by atoms with van der Waals surface area (Å²) in [6, 6.07) is 0. The van der Waals surface area contributed by atoms with Crippen molar-refractivity contribution in [2.24, 2.45) is 11.8 Å². The normalized spacial score (nSPS) is 35.8. The lowest BCUT2D eigenvalue weighted by atomic mass is 9.77. The molecule has 1 saturated carbocycles. The fourth-order valence-corrected chi connectivity index (χ4v) is 3.27. The number of aliphatic hydroxyl groups excluding tert-OH is 1. The minimum absolute atomic E-state index is 0.00508. The van der Waals surface area contributed by atoms with E-state index >= 15 is 0 Å². The zero-order valence-electron chi connectivity index (χ0n) is 9.75. The number of hydrogen-bond acceptors (Lipinski definition) is 2. The summed E-state index contributed by atoms with van der Waals surface area (Å²) in [5.74, 6) is 1.85. The molecule has 1 saturated heterocycles. The van der Waals surface area contributed by atoms with Crippen LogP contribution in [-0.2, 0) is 0 Å². The zero-order chi connectivity index (χ0) is 10.5. The van der Waals surface area contributed by atoms with Gasteiger partial charge in [0.25, 0.3) is 0 Å². The topological polar surface area (TPSA) is 32.3 Å². The largest absolute Gasteiger partial charge is 0.393 e. The fourth-order valence-electron chi connectivity index (χ4n) is 3.27. The fraction of sp³-hybridized carbons (Fsp3) is 1.00. The first-order chi connectivity index (χ1) is 7.36. The molecule has 0 aromatic rings. The molecule has 2 fully saturated rings. The van der Waals surface area contributed by atoms with Crippen molar-refractivity contribution < 1.29 is 5.11 Å². The summed E-state index contributed by atoms with van der Waals surface area (Å²) in [6.45, 7) is 2.42. The van der Waals surface area contributed by atoms with Gasteiger partial charge in [-0.15, -0.1) is 0 Å². The smallest absolute Gasteiger partial charge is 0.0540 e. The van der Waals surface area contributed by atoms with Crippen molar-refractivity contribution >= 4 is 0 Å². The van der Waals surface area contributed by atoms with Gasteiger partial charge in [-0.1, -0.05) is 19.3 Å². The molecule has 2 rings (SSSR count). The first-order valence-electron chi connectivity index (χ1n) is 6.75. The molecule has 15 heavy (non-hydrogen) atoms. The van der Waals surface area contributed by atoms with E-state index in [0.29, 0.717) is 0 Å². The van der Waals surface area contributed by atoms with E-state index in [9.17, 15) is 5.11 Å². The molecule has 0 aromatic heterocycles. The number of hydrogen-bond donors (Lipinski definition) is 2. The van der Waals surface area contributed by atoms with Gasteiger partial charge in [0.2, 0.25) is 0 Å². The zero-order valence-corrected chi connectivity index (χ0v) is 9.75. The van der Waals surface area contributed by atoms with Crippen LogP contribution < -0.4 is 5.32 Å². The molecule has 1 aliphatic heterocycles. The van der Waals surface area contributed by atoms with Gasteiger partial charge in [-0.25, -0.2) is 0 Å². The highest BCUT2D eigenvalue weighted by Crippen LogP contribution is 2.32. The van der Waals surface area contributed by atoms with E-state index < -0.39 is 0 Å². The molecule has 2 N–H and O–H groups in total. The molecular weight excluding hydrogens is 186 g/mol. The second-order valence-corrected chi connectivity index (χ2v) is 5.36. The predicted molar refractivity (Wildman–Crippen MR) is 62.8 cm³/mol. The summed E-state index contributed by atoms with van der Waals surface area (Å²) >= 11 is 0. The number of rotatable bonds is 1. The molecule has 1 heterocycles. The Hall–Kier alpha value is -0.0800. The Morgan fingerprint density at radius 3 is 2.20 bits per heavy atom. The van der Waals surface area contributed by atoms with Gasteiger partial charge in [0.15, 0.2) is 0 Å². The third-order valence-electron chi connectivity index (χ3n) is 4.28. The van der Waals surface area contributed by atoms with E-state index in [1.807, 2.05) is 0 Å². The Morgan fingerprint density at radius 1 is 0.733 bits per heavy atom. The van der Waals surface area contributed by atoms with Gasteiger partial charge in [0.05, 0.1) is 6.10 Å². The number of nitrogens with one attached hydrogen (secondary N) is 1. The monoisotopic (exact) mass is 211 g/mol. The highest BCUT2D eigenvalue weighted by molar-refractivity contribution is 4.78. The molecule has 0 aromatic carbocycles. The molecule has 2 heteroatoms. The van der Waals surface area contributed by atoms with Crippen molar-refractivity contribution in [1.29, 1.82) is 0 Å². The van der Waals surface area contributed by atoms with Gasteiger partial charge in [0, 0.05) is 0 Å². The molecule has 0 bridgehead atoms. The second kappa shape index (κ2) is 5.86. The lowest BCUT2D eigenvalue weighted by Crippen LogP contribution is -2.32. The van der Waals surface area contributed by atoms with Crippen molar-refractivity contribution in [2.45, 2.75) is 57.5 Å². The summed E-state index contributed by atoms with van der Waals surface area (Å²) in [5.41, 5.74) is 0. The van der Waals surface area contributed by atoms with Gasteiger partial charge < -0.3 is 10.4 Å². The van der Waals surface area contributed by atoms with Crippen LogP contribution in [0.2, 0.25) is 0 Å². The molecule has 0 radical (unpaired) electrons. The van der Waals surface area contributed by atoms with E-state index in [1.165, 1.54) is 51.6 Å². The van der Waals surface area contributed by atoms with E-state index in [2.05, 4.69) is 5.32 Å². The lowest BCUT2D eigenvalue weighted by molar-refractivity contribution is 0.114. The molecule has 2 nitrogen and oxygen atoms in total. The van der Waals surface area contributed by atoms with Gasteiger partial charge in [-0.05, 0) is 57.0 Å². The molecule has 0 amide bonds. The third-order valence-corrected chi connectivity index (χ3v) is 4.28. The van der Waals surface area contributed by atoms with Gasteiger partial charge in [0.1, 0.15) is 0 Å². The highest BCUT2D eigenvalue weighted by Gasteiger charge is 2.24. The van der Waals surface area contributed by atoms with Crippen LogP contribution in [0.15, 0.2) is 0 Å². The van der Waals surface area contributed by atoms with Crippen LogP contribution in [0.25, 0.3) is 0 Å². The number of piperidine rings is 1. The van der Waals surface area contributed by atoms with Crippen LogP contribution in [0.3, 0.4) is 0 Å². The van der Waals surface area contributed by atoms with E-state index in [4.69, 9.17) is 0 Å². The third kappa shape index (κ3) is 3.46. The second-order valence-electron chi connectivity index (χ2n) is 5.36. The molecule has 0 spiro atoms. The highest BCUT2D eigenvalue weighted by atomic mass is 16.3. The molecule has 2 unspecified atom stereocenters. The van der Waals surface area contributed by atoms with Crippen LogP contribution in [0.4, 0.5) is 0 Å². The molecule has 88 valence electrons. The Kier molecular flexibility index (Phi) is 4.45. The quantitative estimate of drug-likeness (QED) is 0.697. The standard InChI is InChI=1S/C13H25NO/c15-13-4-2-1-3-11(5-6-13)12-7-9-14-10-8-12/h11-15H,1-10H2. The van der Waals surface area contributed by atoms with Crippen molar-refractivity contribution in [3.05, 3.63) is 0 Å². The van der Waals surface area contributed by atoms with E-state index in [-0.39, 0.29) is 6.10 Å². The van der Waals surface area contributed by atoms with Crippen LogP contribution in [0, 0.1) is 11.8 Å². The summed E-state index contributed by atoms with van der Waals surface area (Å²) in [7, 11) is 0. The maximum atomic E-state index is 9.72. The maximum Gasteiger partial charge on any atom is 0.0540 e. The van der Waals surface area contributed by atoms with Crippen molar-refractivity contribution in [3.63, 3.8) is 0 Å². The van der Waals surface area contributed by atoms with Crippen molar-refractivity contribution in [2.75, 3.05) is 13.1 Å². The molecule has 2 aliphatic rings. The average Bonchev–Trinajstić information content (AvgIpc) is 2.25. The SMILES string of the molecule is OC1CCCCC(C2CCNCC2)CC1. The van der Waals surface area contributed by atoms with Crippen molar-refractivity contribution in [3.8, 4) is 0 Å². The lowest BCUT2D eigenvalue weighted by Gasteiger charge is -2.32. The first-order valence-corrected chi connectivity index (χ1v) is 6.75. The van der Waals surface area contributed by atoms with Gasteiger partial charge in [-0.2, -0.15) is 0 Å². The minimum atomic E-state index is -0.00508. The van der Waals surface area contributed by atoms with Crippen molar-refractivity contribution in [1.82, 2.24) is 5.32 Å². The summed E-state index contributed by atoms with van der Waals surface area (Å²) in [5, 5.41) is 13.2. The van der Waals surface area contributed by atoms with Gasteiger partial charge in [-0.3, -0.25) is 0 Å². The van der Waals surface area contributed by atoms with Crippen LogP contribution in [0.5, 0.6) is 0 Å². The van der Waals surface area contributed by atoms with E-state index in [1.54, 1.807) is 0 Å². The van der Waals surface area contributed by atoms with Crippen LogP contribution >= 0.6 is 0 Å². The predicted octanol–water partition coefficient (Wildman–Crippen LogP) is 2.32. The van der Waals surface area contributed by atoms with Crippen LogP contribution in [0.1, 0.15) is 51.4 Å². The first kappa shape index (κ1) is 11.4. The van der Waals surface area contributed by atoms with Crippen LogP contribution in [-0.4, -0.2) is 24.3 Å². The summed E-state index contributed by atoms with van der Waals surface area (Å²) < 4.78 is 0. The maximum absolute atomic E-state index is 9.72. The molecule has 1 aliphatic carbocycles. The molecule has 2 atom stereocenters. The Balaban J connectivity index is 1.82. The Bertz CT molecular complexity index is 177. The minimum Gasteiger partial charge on any atom is -0.393 e.